The summed E-state index contributed by atoms with van der Waals surface area (Å²) in [5.41, 5.74) is 3.22. The van der Waals surface area contributed by atoms with E-state index in [1.807, 2.05) is 0 Å². The molecule has 0 aliphatic heterocycles. The zero-order chi connectivity index (χ0) is 13.1. The summed E-state index contributed by atoms with van der Waals surface area (Å²) in [4.78, 5) is 7.11. The smallest absolute Gasteiger partial charge is 0.179 e. The fraction of sp³-hybridized carbons (Fsp3) is 0.286. The van der Waals surface area contributed by atoms with Crippen LogP contribution in [-0.4, -0.2) is 17.1 Å². The first kappa shape index (κ1) is 12.8. The molecule has 1 heterocycles. The highest BCUT2D eigenvalue weighted by molar-refractivity contribution is 7.71. The van der Waals surface area contributed by atoms with Gasteiger partial charge < -0.3 is 9.72 Å². The van der Waals surface area contributed by atoms with Gasteiger partial charge in [-0.3, -0.25) is 0 Å². The molecule has 3 nitrogen and oxygen atoms in total. The molecule has 0 saturated heterocycles. The summed E-state index contributed by atoms with van der Waals surface area (Å²) in [6, 6.07) is 8.38. The topological polar surface area (TPSA) is 37.9 Å². The number of aromatic amines is 1. The summed E-state index contributed by atoms with van der Waals surface area (Å²) in [7, 11) is 1.60. The lowest BCUT2D eigenvalue weighted by Crippen LogP contribution is -1.94. The molecule has 1 aromatic carbocycles. The van der Waals surface area contributed by atoms with E-state index in [0.29, 0.717) is 16.3 Å². The Bertz CT molecular complexity index is 587. The highest BCUT2D eigenvalue weighted by Crippen LogP contribution is 2.28. The van der Waals surface area contributed by atoms with E-state index in [4.69, 9.17) is 17.0 Å². The highest BCUT2D eigenvalue weighted by atomic mass is 32.1. The normalized spacial score (nSPS) is 10.7. The van der Waals surface area contributed by atoms with Gasteiger partial charge in [0.15, 0.2) is 10.4 Å². The number of nitrogens with one attached hydrogen (secondary N) is 1. The van der Waals surface area contributed by atoms with Crippen LogP contribution in [0.2, 0.25) is 0 Å². The number of rotatable bonds is 3. The maximum Gasteiger partial charge on any atom is 0.179 e. The number of H-pyrrole nitrogens is 1. The van der Waals surface area contributed by atoms with E-state index < -0.39 is 0 Å². The monoisotopic (exact) mass is 260 g/mol. The Hall–Kier alpha value is -1.68. The minimum atomic E-state index is 0.471. The van der Waals surface area contributed by atoms with Gasteiger partial charge in [0.05, 0.1) is 19.1 Å². The fourth-order valence-corrected chi connectivity index (χ4v) is 2.06. The zero-order valence-corrected chi connectivity index (χ0v) is 11.5. The third-order valence-electron chi connectivity index (χ3n) is 2.88. The van der Waals surface area contributed by atoms with Crippen molar-refractivity contribution in [3.63, 3.8) is 0 Å². The van der Waals surface area contributed by atoms with Crippen LogP contribution in [-0.2, 0) is 0 Å². The van der Waals surface area contributed by atoms with Crippen molar-refractivity contribution in [3.05, 3.63) is 40.8 Å². The van der Waals surface area contributed by atoms with Gasteiger partial charge in [-0.15, -0.1) is 0 Å². The van der Waals surface area contributed by atoms with Crippen LogP contribution in [0.1, 0.15) is 25.3 Å². The zero-order valence-electron chi connectivity index (χ0n) is 10.7. The Morgan fingerprint density at radius 2 is 1.89 bits per heavy atom. The molecule has 1 aromatic heterocycles. The molecule has 0 amide bonds. The molecule has 0 radical (unpaired) electrons. The van der Waals surface area contributed by atoms with E-state index in [1.54, 1.807) is 13.4 Å². The first-order valence-corrected chi connectivity index (χ1v) is 6.26. The summed E-state index contributed by atoms with van der Waals surface area (Å²) < 4.78 is 5.78. The van der Waals surface area contributed by atoms with Crippen molar-refractivity contribution in [1.29, 1.82) is 0 Å². The number of benzene rings is 1. The first-order valence-electron chi connectivity index (χ1n) is 5.85. The van der Waals surface area contributed by atoms with Gasteiger partial charge in [0, 0.05) is 5.56 Å². The van der Waals surface area contributed by atoms with Gasteiger partial charge in [0.2, 0.25) is 0 Å². The lowest BCUT2D eigenvalue weighted by atomic mass is 10.0. The Morgan fingerprint density at radius 1 is 1.22 bits per heavy atom. The lowest BCUT2D eigenvalue weighted by Gasteiger charge is -2.10. The number of ether oxygens (including phenoxy) is 1. The second kappa shape index (κ2) is 5.31. The Labute approximate surface area is 112 Å². The van der Waals surface area contributed by atoms with Crippen molar-refractivity contribution in [3.8, 4) is 17.0 Å². The summed E-state index contributed by atoms with van der Waals surface area (Å²) in [6.45, 7) is 4.35. The van der Waals surface area contributed by atoms with Crippen LogP contribution in [0.25, 0.3) is 11.3 Å². The summed E-state index contributed by atoms with van der Waals surface area (Å²) in [6.07, 6.45) is 1.59. The minimum absolute atomic E-state index is 0.471. The average Bonchev–Trinajstić information content (AvgIpc) is 2.38. The van der Waals surface area contributed by atoms with Crippen molar-refractivity contribution < 1.29 is 4.74 Å². The second-order valence-electron chi connectivity index (χ2n) is 4.39. The van der Waals surface area contributed by atoms with Crippen LogP contribution in [0.3, 0.4) is 0 Å². The van der Waals surface area contributed by atoms with Gasteiger partial charge in [-0.2, -0.15) is 0 Å². The van der Waals surface area contributed by atoms with Crippen LogP contribution in [0.5, 0.6) is 5.75 Å². The van der Waals surface area contributed by atoms with Crippen LogP contribution in [0.4, 0.5) is 0 Å². The molecule has 18 heavy (non-hydrogen) atoms. The van der Waals surface area contributed by atoms with Crippen molar-refractivity contribution in [1.82, 2.24) is 9.97 Å². The van der Waals surface area contributed by atoms with Crippen LogP contribution in [0, 0.1) is 4.64 Å². The molecule has 0 fully saturated rings. The third-order valence-corrected chi connectivity index (χ3v) is 3.17. The molecule has 0 spiro atoms. The number of hydrogen-bond acceptors (Lipinski definition) is 3. The summed E-state index contributed by atoms with van der Waals surface area (Å²) in [5, 5.41) is 0. The molecular weight excluding hydrogens is 244 g/mol. The number of aromatic nitrogens is 2. The van der Waals surface area contributed by atoms with Gasteiger partial charge in [-0.05, 0) is 11.5 Å². The molecule has 2 rings (SSSR count). The number of nitrogens with zero attached hydrogens (tertiary/aromatic N) is 1. The second-order valence-corrected chi connectivity index (χ2v) is 4.78. The molecule has 0 atom stereocenters. The van der Waals surface area contributed by atoms with E-state index in [2.05, 4.69) is 48.1 Å². The van der Waals surface area contributed by atoms with Crippen molar-refractivity contribution in [2.75, 3.05) is 7.11 Å². The number of methoxy groups -OCH3 is 1. The van der Waals surface area contributed by atoms with Crippen molar-refractivity contribution in [2.45, 2.75) is 19.8 Å². The fourth-order valence-electron chi connectivity index (χ4n) is 1.83. The van der Waals surface area contributed by atoms with E-state index in [-0.39, 0.29) is 0 Å². The third kappa shape index (κ3) is 2.43. The minimum Gasteiger partial charge on any atom is -0.491 e. The molecular formula is C14H16N2OS. The molecule has 4 heteroatoms. The molecule has 2 aromatic rings. The lowest BCUT2D eigenvalue weighted by molar-refractivity contribution is 0.411. The molecule has 0 saturated carbocycles. The molecule has 0 bridgehead atoms. The Kier molecular flexibility index (Phi) is 3.77. The van der Waals surface area contributed by atoms with Gasteiger partial charge in [0.1, 0.15) is 0 Å². The van der Waals surface area contributed by atoms with Gasteiger partial charge in [0.25, 0.3) is 0 Å². The summed E-state index contributed by atoms with van der Waals surface area (Å²) >= 11 is 5.15. The molecule has 1 N–H and O–H groups in total. The predicted octanol–water partition coefficient (Wildman–Crippen LogP) is 3.94. The van der Waals surface area contributed by atoms with E-state index in [0.717, 1.165) is 11.3 Å². The van der Waals surface area contributed by atoms with Crippen molar-refractivity contribution in [2.24, 2.45) is 0 Å². The van der Waals surface area contributed by atoms with Gasteiger partial charge in [-0.25, -0.2) is 4.98 Å². The van der Waals surface area contributed by atoms with E-state index in [9.17, 15) is 0 Å². The Morgan fingerprint density at radius 3 is 2.44 bits per heavy atom. The molecule has 94 valence electrons. The SMILES string of the molecule is COc1c(-c2ccc(C(C)C)cc2)[nH]cnc1=S. The standard InChI is InChI=1S/C14H16N2OS/c1-9(2)10-4-6-11(7-5-10)12-13(17-3)14(18)16-8-15-12/h4-9H,1-3H3,(H,15,16,18). The van der Waals surface area contributed by atoms with Crippen LogP contribution < -0.4 is 4.74 Å². The quantitative estimate of drug-likeness (QED) is 0.849. The predicted molar refractivity (Wildman–Crippen MR) is 75.5 cm³/mol. The summed E-state index contributed by atoms with van der Waals surface area (Å²) in [5.74, 6) is 1.14. The van der Waals surface area contributed by atoms with Crippen molar-refractivity contribution >= 4 is 12.2 Å². The van der Waals surface area contributed by atoms with Gasteiger partial charge >= 0.3 is 0 Å². The van der Waals surface area contributed by atoms with E-state index >= 15 is 0 Å². The number of hydrogen-bond donors (Lipinski definition) is 1. The largest absolute Gasteiger partial charge is 0.491 e. The van der Waals surface area contributed by atoms with Gasteiger partial charge in [-0.1, -0.05) is 50.3 Å². The molecule has 0 unspecified atom stereocenters. The van der Waals surface area contributed by atoms with Crippen LogP contribution >= 0.6 is 12.2 Å². The average molecular weight is 260 g/mol. The molecule has 0 aliphatic rings. The first-order chi connectivity index (χ1) is 8.63. The van der Waals surface area contributed by atoms with Crippen LogP contribution in [0.15, 0.2) is 30.6 Å². The van der Waals surface area contributed by atoms with E-state index in [1.165, 1.54) is 5.56 Å². The maximum atomic E-state index is 5.31. The highest BCUT2D eigenvalue weighted by Gasteiger charge is 2.08. The maximum absolute atomic E-state index is 5.31. The Balaban J connectivity index is 2.49. The molecule has 0 aliphatic carbocycles.